The van der Waals surface area contributed by atoms with Crippen LogP contribution in [-0.2, 0) is 4.79 Å². The third-order valence-corrected chi connectivity index (χ3v) is 5.41. The van der Waals surface area contributed by atoms with Crippen molar-refractivity contribution in [3.63, 3.8) is 0 Å². The van der Waals surface area contributed by atoms with E-state index in [4.69, 9.17) is 0 Å². The summed E-state index contributed by atoms with van der Waals surface area (Å²) in [5, 5.41) is 1.30. The number of rotatable bonds is 11. The molecule has 234 valence electrons. The number of hydrogen-bond donors (Lipinski definition) is 1. The molecule has 4 nitrogen and oxygen atoms in total. The molecular weight excluding hydrogens is 650 g/mol. The highest BCUT2D eigenvalue weighted by Gasteiger charge is 2.95. The third-order valence-electron chi connectivity index (χ3n) is 5.17. The quantitative estimate of drug-likeness (QED) is 0.146. The number of anilines is 1. The van der Waals surface area contributed by atoms with Crippen molar-refractivity contribution in [3.05, 3.63) is 54.6 Å². The van der Waals surface area contributed by atoms with Crippen molar-refractivity contribution in [2.75, 3.05) is 5.32 Å². The lowest BCUT2D eigenvalue weighted by atomic mass is 9.89. The minimum absolute atomic E-state index is 0.0948. The van der Waals surface area contributed by atoms with E-state index in [2.05, 4.69) is 21.8 Å². The largest absolute Gasteiger partial charge is 0.393 e. The van der Waals surface area contributed by atoms with Crippen molar-refractivity contribution in [2.45, 2.75) is 46.8 Å². The monoisotopic (exact) mass is 659 g/mol. The fraction of sp³-hybridized carbons (Fsp3) is 0.381. The van der Waals surface area contributed by atoms with Gasteiger partial charge in [-0.15, -0.1) is 0 Å². The molecule has 0 unspecified atom stereocenters. The van der Waals surface area contributed by atoms with Crippen LogP contribution < -0.4 is 5.32 Å². The van der Waals surface area contributed by atoms with Gasteiger partial charge in [0.2, 0.25) is 0 Å². The molecule has 0 aromatic heterocycles. The summed E-state index contributed by atoms with van der Waals surface area (Å²) < 4.78 is 217. The van der Waals surface area contributed by atoms with Crippen LogP contribution in [0.25, 0.3) is 0 Å². The van der Waals surface area contributed by atoms with Crippen LogP contribution in [0.4, 0.5) is 87.3 Å². The number of nitrogens with zero attached hydrogens (tertiary/aromatic N) is 2. The van der Waals surface area contributed by atoms with Crippen LogP contribution in [0.1, 0.15) is 0 Å². The lowest BCUT2D eigenvalue weighted by Crippen LogP contribution is -2.75. The van der Waals surface area contributed by atoms with E-state index in [0.717, 1.165) is 17.4 Å². The van der Waals surface area contributed by atoms with E-state index in [9.17, 15) is 75.0 Å². The summed E-state index contributed by atoms with van der Waals surface area (Å²) in [4.78, 5) is 11.7. The topological polar surface area (TPSA) is 53.8 Å². The van der Waals surface area contributed by atoms with Gasteiger partial charge in [-0.1, -0.05) is 18.2 Å². The van der Waals surface area contributed by atoms with E-state index in [-0.39, 0.29) is 5.69 Å². The number of amides is 1. The predicted octanol–water partition coefficient (Wildman–Crippen LogP) is 9.32. The normalized spacial score (nSPS) is 14.8. The van der Waals surface area contributed by atoms with Crippen LogP contribution in [0.3, 0.4) is 0 Å². The van der Waals surface area contributed by atoms with E-state index in [1.807, 2.05) is 0 Å². The maximum Gasteiger partial charge on any atom is 0.393 e. The number of carbonyl (C=O) groups is 1. The Morgan fingerprint density at radius 1 is 0.524 bits per heavy atom. The molecule has 42 heavy (non-hydrogen) atoms. The van der Waals surface area contributed by atoms with Gasteiger partial charge in [0.15, 0.2) is 0 Å². The van der Waals surface area contributed by atoms with E-state index in [0.29, 0.717) is 17.8 Å². The van der Waals surface area contributed by atoms with Crippen molar-refractivity contribution >= 4 is 34.6 Å². The fourth-order valence-corrected chi connectivity index (χ4v) is 2.86. The molecule has 0 heterocycles. The number of nitrogens with one attached hydrogen (secondary N) is 1. The zero-order chi connectivity index (χ0) is 32.8. The number of carbonyl (C=O) groups excluding carboxylic acids is 1. The Labute approximate surface area is 227 Å². The van der Waals surface area contributed by atoms with Crippen LogP contribution in [0.5, 0.6) is 0 Å². The van der Waals surface area contributed by atoms with Gasteiger partial charge in [-0.3, -0.25) is 4.79 Å². The maximum atomic E-state index is 14.1. The summed E-state index contributed by atoms with van der Waals surface area (Å²) in [5.41, 5.74) is -0.745. The van der Waals surface area contributed by atoms with Gasteiger partial charge < -0.3 is 5.32 Å². The number of alkyl halides is 17. The number of hydrogen-bond acceptors (Lipinski definition) is 3. The summed E-state index contributed by atoms with van der Waals surface area (Å²) >= 11 is 3.45. The fourth-order valence-electron chi connectivity index (χ4n) is 2.74. The molecule has 1 amide bonds. The second-order valence-corrected chi connectivity index (χ2v) is 8.53. The van der Waals surface area contributed by atoms with Gasteiger partial charge in [-0.2, -0.15) is 80.5 Å². The Morgan fingerprint density at radius 2 is 0.881 bits per heavy atom. The zero-order valence-electron chi connectivity index (χ0n) is 19.4. The Bertz CT molecular complexity index is 1290. The highest BCUT2D eigenvalue weighted by Crippen LogP contribution is 2.64. The van der Waals surface area contributed by atoms with Crippen molar-refractivity contribution < 1.29 is 75.0 Å². The van der Waals surface area contributed by atoms with Crippen molar-refractivity contribution in [3.8, 4) is 0 Å². The second-order valence-electron chi connectivity index (χ2n) is 8.06. The second kappa shape index (κ2) is 10.7. The zero-order valence-corrected chi connectivity index (χ0v) is 20.2. The molecule has 0 saturated heterocycles. The lowest BCUT2D eigenvalue weighted by molar-refractivity contribution is -0.445. The average molecular weight is 660 g/mol. The maximum absolute atomic E-state index is 14.1. The Morgan fingerprint density at radius 3 is 1.29 bits per heavy atom. The molecule has 0 aliphatic rings. The Hall–Kier alpha value is -3.32. The predicted molar refractivity (Wildman–Crippen MR) is 111 cm³/mol. The van der Waals surface area contributed by atoms with Gasteiger partial charge in [0.1, 0.15) is 0 Å². The van der Waals surface area contributed by atoms with Gasteiger partial charge in [0.25, 0.3) is 0 Å². The standard InChI is InChI=1S/C21H10ClF16N3O/c22-21(37,38)20(35,36)19(33,34)18(31,32)17(29,30)16(27,28)15(25,26)14(23,24)13(42)39-10-6-8-12(9-7-10)41-40-11-4-2-1-3-5-11/h1-9H,(H,39,42). The van der Waals surface area contributed by atoms with Crippen molar-refractivity contribution in [1.82, 2.24) is 0 Å². The molecule has 1 N–H and O–H groups in total. The smallest absolute Gasteiger partial charge is 0.321 e. The Kier molecular flexibility index (Phi) is 8.93. The first-order chi connectivity index (χ1) is 18.7. The molecule has 0 saturated carbocycles. The summed E-state index contributed by atoms with van der Waals surface area (Å²) in [5.74, 6) is -60.8. The molecule has 0 spiro atoms. The van der Waals surface area contributed by atoms with Gasteiger partial charge in [0, 0.05) is 5.69 Å². The molecular formula is C21H10ClF16N3O. The molecule has 0 fully saturated rings. The van der Waals surface area contributed by atoms with Gasteiger partial charge in [-0.25, -0.2) is 0 Å². The van der Waals surface area contributed by atoms with Crippen LogP contribution in [0, 0.1) is 0 Å². The summed E-state index contributed by atoms with van der Waals surface area (Å²) in [6.45, 7) is 0. The van der Waals surface area contributed by atoms with E-state index < -0.39 is 58.4 Å². The summed E-state index contributed by atoms with van der Waals surface area (Å²) in [6.07, 6.45) is 0. The first-order valence-corrected chi connectivity index (χ1v) is 10.7. The van der Waals surface area contributed by atoms with E-state index in [1.54, 1.807) is 18.2 Å². The minimum atomic E-state index is -8.66. The molecule has 0 aliphatic heterocycles. The van der Waals surface area contributed by atoms with Crippen molar-refractivity contribution in [1.29, 1.82) is 0 Å². The average Bonchev–Trinajstić information content (AvgIpc) is 2.87. The molecule has 0 atom stereocenters. The highest BCUT2D eigenvalue weighted by molar-refractivity contribution is 6.22. The van der Waals surface area contributed by atoms with Crippen LogP contribution in [0.15, 0.2) is 64.8 Å². The summed E-state index contributed by atoms with van der Waals surface area (Å²) in [7, 11) is 0. The van der Waals surface area contributed by atoms with Gasteiger partial charge in [0.05, 0.1) is 11.4 Å². The molecule has 21 heteroatoms. The molecule has 2 rings (SSSR count). The van der Waals surface area contributed by atoms with Gasteiger partial charge in [-0.05, 0) is 48.0 Å². The minimum Gasteiger partial charge on any atom is -0.321 e. The number of azo groups is 1. The number of halogens is 17. The van der Waals surface area contributed by atoms with Gasteiger partial charge >= 0.3 is 52.7 Å². The number of benzene rings is 2. The van der Waals surface area contributed by atoms with Crippen LogP contribution in [-0.4, -0.2) is 52.7 Å². The molecule has 2 aromatic carbocycles. The Balaban J connectivity index is 2.38. The molecule has 0 radical (unpaired) electrons. The first-order valence-electron chi connectivity index (χ1n) is 10.3. The van der Waals surface area contributed by atoms with Crippen molar-refractivity contribution in [2.24, 2.45) is 10.2 Å². The van der Waals surface area contributed by atoms with E-state index >= 15 is 0 Å². The third kappa shape index (κ3) is 5.44. The van der Waals surface area contributed by atoms with Crippen LogP contribution >= 0.6 is 11.6 Å². The highest BCUT2D eigenvalue weighted by atomic mass is 35.5. The molecule has 0 aliphatic carbocycles. The lowest BCUT2D eigenvalue weighted by Gasteiger charge is -2.42. The van der Waals surface area contributed by atoms with E-state index in [1.165, 1.54) is 12.1 Å². The molecule has 0 bridgehead atoms. The SMILES string of the molecule is O=C(Nc1ccc(N=Nc2ccccc2)cc1)C(F)(F)C(F)(F)C(F)(F)C(F)(F)C(F)(F)C(F)(F)C(F)(F)C(F)(F)Cl. The summed E-state index contributed by atoms with van der Waals surface area (Å²) in [6, 6.07) is 10.6. The van der Waals surface area contributed by atoms with Crippen LogP contribution in [0.2, 0.25) is 0 Å². The first kappa shape index (κ1) is 34.9. The molecule has 2 aromatic rings.